The van der Waals surface area contributed by atoms with Crippen LogP contribution in [0.4, 0.5) is 5.69 Å². The van der Waals surface area contributed by atoms with Gasteiger partial charge in [0.25, 0.3) is 0 Å². The Balaban J connectivity index is 1.14. The van der Waals surface area contributed by atoms with Crippen LogP contribution >= 0.6 is 0 Å². The number of benzene rings is 4. The lowest BCUT2D eigenvalue weighted by atomic mass is 9.97. The summed E-state index contributed by atoms with van der Waals surface area (Å²) in [5.74, 6) is 1.02. The number of hydrogen-bond donors (Lipinski definition) is 2. The Labute approximate surface area is 200 Å². The van der Waals surface area contributed by atoms with Crippen LogP contribution in [0.3, 0.4) is 0 Å². The number of nitrogens with two attached hydrogens (primary N) is 1. The number of fused-ring (bicyclic) bond motifs is 1. The molecule has 0 saturated heterocycles. The Morgan fingerprint density at radius 1 is 0.706 bits per heavy atom. The average molecular weight is 442 g/mol. The largest absolute Gasteiger partial charge is 0.399 e. The van der Waals surface area contributed by atoms with E-state index in [2.05, 4.69) is 95.2 Å². The zero-order valence-corrected chi connectivity index (χ0v) is 19.1. The molecular formula is C31H27N3. The monoisotopic (exact) mass is 441 g/mol. The number of aliphatic imine (C=N–C) groups is 1. The third-order valence-electron chi connectivity index (χ3n) is 6.73. The summed E-state index contributed by atoms with van der Waals surface area (Å²) >= 11 is 0. The molecule has 166 valence electrons. The van der Waals surface area contributed by atoms with Crippen molar-refractivity contribution in [2.24, 2.45) is 4.99 Å². The smallest absolute Gasteiger partial charge is 0.128 e. The van der Waals surface area contributed by atoms with Gasteiger partial charge in [-0.25, -0.2) is 0 Å². The Bertz CT molecular complexity index is 1390. The minimum Gasteiger partial charge on any atom is -0.399 e. The summed E-state index contributed by atoms with van der Waals surface area (Å²) in [6, 6.07) is 32.7. The Morgan fingerprint density at radius 3 is 2.03 bits per heavy atom. The Hall–Kier alpha value is -4.11. The summed E-state index contributed by atoms with van der Waals surface area (Å²) in [6.07, 6.45) is 4.23. The van der Waals surface area contributed by atoms with E-state index in [1.807, 2.05) is 12.1 Å². The second kappa shape index (κ2) is 8.68. The molecule has 0 atom stereocenters. The van der Waals surface area contributed by atoms with Crippen LogP contribution in [-0.4, -0.2) is 18.9 Å². The molecule has 1 aliphatic carbocycles. The van der Waals surface area contributed by atoms with Gasteiger partial charge in [0.05, 0.1) is 6.54 Å². The maximum atomic E-state index is 5.85. The van der Waals surface area contributed by atoms with Gasteiger partial charge in [-0.3, -0.25) is 4.99 Å². The summed E-state index contributed by atoms with van der Waals surface area (Å²) in [6.45, 7) is 1.81. The van der Waals surface area contributed by atoms with Crippen molar-refractivity contribution in [1.29, 1.82) is 0 Å². The Kier molecular flexibility index (Phi) is 5.23. The number of nitrogens with zero attached hydrogens (tertiary/aromatic N) is 1. The van der Waals surface area contributed by atoms with Crippen LogP contribution in [0.25, 0.3) is 22.8 Å². The molecule has 2 aliphatic rings. The van der Waals surface area contributed by atoms with Crippen LogP contribution in [0.5, 0.6) is 0 Å². The predicted octanol–water partition coefficient (Wildman–Crippen LogP) is 5.97. The van der Waals surface area contributed by atoms with Gasteiger partial charge < -0.3 is 11.1 Å². The van der Waals surface area contributed by atoms with E-state index in [1.165, 1.54) is 50.1 Å². The second-order valence-electron chi connectivity index (χ2n) is 9.11. The lowest BCUT2D eigenvalue weighted by Gasteiger charge is -2.08. The number of nitrogen functional groups attached to an aromatic ring is 1. The molecule has 34 heavy (non-hydrogen) atoms. The zero-order valence-electron chi connectivity index (χ0n) is 19.1. The normalized spacial score (nSPS) is 14.4. The van der Waals surface area contributed by atoms with E-state index in [4.69, 9.17) is 5.73 Å². The standard InChI is InChI=1S/C31H27N3/c32-30-13-11-23(12-14-30)26-9-10-27-19-28(20-29(27)18-26)24-5-1-21(2-6-24)17-22-3-7-25(8-4-22)31-33-15-16-34-31/h1-14,18-19H,15-17,20,32H2,(H,33,34). The van der Waals surface area contributed by atoms with Gasteiger partial charge in [-0.15, -0.1) is 0 Å². The van der Waals surface area contributed by atoms with Crippen molar-refractivity contribution in [2.45, 2.75) is 12.8 Å². The molecule has 3 heteroatoms. The van der Waals surface area contributed by atoms with Crippen LogP contribution in [0.2, 0.25) is 0 Å². The first-order valence-electron chi connectivity index (χ1n) is 11.9. The second-order valence-corrected chi connectivity index (χ2v) is 9.11. The topological polar surface area (TPSA) is 50.4 Å². The first-order chi connectivity index (χ1) is 16.7. The number of hydrogen-bond acceptors (Lipinski definition) is 3. The maximum Gasteiger partial charge on any atom is 0.128 e. The summed E-state index contributed by atoms with van der Waals surface area (Å²) in [4.78, 5) is 4.50. The van der Waals surface area contributed by atoms with E-state index >= 15 is 0 Å². The molecule has 4 aromatic rings. The molecule has 0 amide bonds. The third kappa shape index (κ3) is 4.13. The molecule has 6 rings (SSSR count). The molecule has 4 aromatic carbocycles. The number of amidine groups is 1. The lowest BCUT2D eigenvalue weighted by molar-refractivity contribution is 0.960. The van der Waals surface area contributed by atoms with Crippen molar-refractivity contribution >= 4 is 23.2 Å². The molecule has 0 bridgehead atoms. The van der Waals surface area contributed by atoms with E-state index in [0.717, 1.165) is 37.5 Å². The molecule has 0 fully saturated rings. The predicted molar refractivity (Wildman–Crippen MR) is 143 cm³/mol. The van der Waals surface area contributed by atoms with Crippen LogP contribution in [0, 0.1) is 0 Å². The van der Waals surface area contributed by atoms with Crippen molar-refractivity contribution in [3.8, 4) is 11.1 Å². The van der Waals surface area contributed by atoms with Gasteiger partial charge in [0, 0.05) is 17.8 Å². The Morgan fingerprint density at radius 2 is 1.35 bits per heavy atom. The van der Waals surface area contributed by atoms with E-state index in [-0.39, 0.29) is 0 Å². The quantitative estimate of drug-likeness (QED) is 0.375. The van der Waals surface area contributed by atoms with Crippen molar-refractivity contribution in [3.63, 3.8) is 0 Å². The first kappa shape index (κ1) is 20.5. The van der Waals surface area contributed by atoms with Gasteiger partial charge in [-0.1, -0.05) is 84.9 Å². The van der Waals surface area contributed by atoms with Gasteiger partial charge in [0.2, 0.25) is 0 Å². The van der Waals surface area contributed by atoms with E-state index in [1.54, 1.807) is 0 Å². The highest BCUT2D eigenvalue weighted by Crippen LogP contribution is 2.34. The fraction of sp³-hybridized carbons (Fsp3) is 0.129. The fourth-order valence-corrected chi connectivity index (χ4v) is 4.83. The average Bonchev–Trinajstić information content (AvgIpc) is 3.55. The van der Waals surface area contributed by atoms with Crippen molar-refractivity contribution in [3.05, 3.63) is 124 Å². The first-order valence-corrected chi connectivity index (χ1v) is 11.9. The van der Waals surface area contributed by atoms with E-state index in [9.17, 15) is 0 Å². The maximum absolute atomic E-state index is 5.85. The van der Waals surface area contributed by atoms with Crippen molar-refractivity contribution in [2.75, 3.05) is 18.8 Å². The molecule has 3 nitrogen and oxygen atoms in total. The van der Waals surface area contributed by atoms with Crippen LogP contribution in [-0.2, 0) is 12.8 Å². The molecule has 0 radical (unpaired) electrons. The fourth-order valence-electron chi connectivity index (χ4n) is 4.83. The molecule has 0 aromatic heterocycles. The minimum absolute atomic E-state index is 0.797. The molecule has 3 N–H and O–H groups in total. The van der Waals surface area contributed by atoms with Crippen molar-refractivity contribution in [1.82, 2.24) is 5.32 Å². The zero-order chi connectivity index (χ0) is 22.9. The van der Waals surface area contributed by atoms with Gasteiger partial charge in [-0.2, -0.15) is 0 Å². The van der Waals surface area contributed by atoms with Gasteiger partial charge in [0.1, 0.15) is 5.84 Å². The summed E-state index contributed by atoms with van der Waals surface area (Å²) in [5.41, 5.74) is 18.3. The molecule has 1 heterocycles. The summed E-state index contributed by atoms with van der Waals surface area (Å²) in [5, 5.41) is 3.34. The van der Waals surface area contributed by atoms with E-state index < -0.39 is 0 Å². The minimum atomic E-state index is 0.797. The lowest BCUT2D eigenvalue weighted by Crippen LogP contribution is -2.19. The van der Waals surface area contributed by atoms with Crippen LogP contribution in [0.15, 0.2) is 96.0 Å². The van der Waals surface area contributed by atoms with Crippen LogP contribution < -0.4 is 11.1 Å². The SMILES string of the molecule is Nc1ccc(-c2ccc3c(c2)CC(c2ccc(Cc4ccc(C5=NCCN5)cc4)cc2)=C3)cc1. The highest BCUT2D eigenvalue weighted by atomic mass is 15.1. The van der Waals surface area contributed by atoms with Crippen LogP contribution in [0.1, 0.15) is 33.4 Å². The summed E-state index contributed by atoms with van der Waals surface area (Å²) in [7, 11) is 0. The third-order valence-corrected chi connectivity index (χ3v) is 6.73. The molecule has 1 aliphatic heterocycles. The van der Waals surface area contributed by atoms with Gasteiger partial charge in [-0.05, 0) is 69.5 Å². The molecule has 0 spiro atoms. The highest BCUT2D eigenvalue weighted by Gasteiger charge is 2.15. The highest BCUT2D eigenvalue weighted by molar-refractivity contribution is 5.99. The van der Waals surface area contributed by atoms with E-state index in [0.29, 0.717) is 0 Å². The van der Waals surface area contributed by atoms with Gasteiger partial charge >= 0.3 is 0 Å². The number of allylic oxidation sites excluding steroid dienone is 1. The number of rotatable bonds is 5. The van der Waals surface area contributed by atoms with Gasteiger partial charge in [0.15, 0.2) is 0 Å². The number of anilines is 1. The van der Waals surface area contributed by atoms with Crippen molar-refractivity contribution < 1.29 is 0 Å². The number of nitrogens with one attached hydrogen (secondary N) is 1. The molecule has 0 unspecified atom stereocenters. The summed E-state index contributed by atoms with van der Waals surface area (Å²) < 4.78 is 0. The molecule has 0 saturated carbocycles. The molecular weight excluding hydrogens is 414 g/mol.